The Kier molecular flexibility index (Phi) is 5.07. The smallest absolute Gasteiger partial charge is 0.229 e. The van der Waals surface area contributed by atoms with E-state index < -0.39 is 0 Å². The van der Waals surface area contributed by atoms with Gasteiger partial charge in [0.05, 0.1) is 5.69 Å². The number of rotatable bonds is 4. The molecule has 21 heavy (non-hydrogen) atoms. The first-order valence-electron chi connectivity index (χ1n) is 8.14. The van der Waals surface area contributed by atoms with E-state index in [0.717, 1.165) is 30.8 Å². The van der Waals surface area contributed by atoms with Crippen LogP contribution in [0.3, 0.4) is 0 Å². The Bertz CT molecular complexity index is 497. The molecule has 4 heteroatoms. The van der Waals surface area contributed by atoms with E-state index in [1.165, 1.54) is 17.0 Å². The molecule has 118 valence electrons. The number of amides is 1. The van der Waals surface area contributed by atoms with Crippen LogP contribution in [-0.4, -0.2) is 10.9 Å². The van der Waals surface area contributed by atoms with Crippen molar-refractivity contribution in [3.63, 3.8) is 0 Å². The summed E-state index contributed by atoms with van der Waals surface area (Å²) in [6.45, 7) is 11.1. The van der Waals surface area contributed by atoms with E-state index in [-0.39, 0.29) is 11.8 Å². The normalized spacial score (nSPS) is 18.7. The van der Waals surface area contributed by atoms with Crippen LogP contribution in [0.1, 0.15) is 64.5 Å². The summed E-state index contributed by atoms with van der Waals surface area (Å²) in [4.78, 5) is 18.2. The first kappa shape index (κ1) is 16.5. The fraction of sp³-hybridized carbons (Fsp3) is 0.765. The SMILES string of the molecule is CCC(CC)C(=O)Nc1nc2c(s1)CC(C(C)(C)C)CC2. The molecule has 3 nitrogen and oxygen atoms in total. The lowest BCUT2D eigenvalue weighted by molar-refractivity contribution is -0.120. The van der Waals surface area contributed by atoms with Crippen LogP contribution in [0.2, 0.25) is 0 Å². The van der Waals surface area contributed by atoms with Crippen molar-refractivity contribution < 1.29 is 4.79 Å². The molecule has 1 heterocycles. The third-order valence-electron chi connectivity index (χ3n) is 4.75. The second-order valence-corrected chi connectivity index (χ2v) is 8.28. The van der Waals surface area contributed by atoms with Crippen molar-refractivity contribution in [1.29, 1.82) is 0 Å². The number of carbonyl (C=O) groups excluding carboxylic acids is 1. The number of fused-ring (bicyclic) bond motifs is 1. The van der Waals surface area contributed by atoms with E-state index in [9.17, 15) is 4.79 Å². The predicted octanol–water partition coefficient (Wildman–Crippen LogP) is 4.67. The summed E-state index contributed by atoms with van der Waals surface area (Å²) in [5.41, 5.74) is 1.56. The van der Waals surface area contributed by atoms with Crippen molar-refractivity contribution in [3.05, 3.63) is 10.6 Å². The van der Waals surface area contributed by atoms with Crippen molar-refractivity contribution in [2.45, 2.75) is 66.7 Å². The van der Waals surface area contributed by atoms with Gasteiger partial charge in [0.1, 0.15) is 0 Å². The molecule has 1 atom stereocenters. The number of aromatic nitrogens is 1. The molecule has 0 saturated heterocycles. The Morgan fingerprint density at radius 2 is 2.05 bits per heavy atom. The molecule has 0 saturated carbocycles. The van der Waals surface area contributed by atoms with Gasteiger partial charge in [-0.3, -0.25) is 4.79 Å². The molecule has 1 aromatic rings. The number of aryl methyl sites for hydroxylation is 1. The standard InChI is InChI=1S/C17H28N2OS/c1-6-11(7-2)15(20)19-16-18-13-9-8-12(17(3,4)5)10-14(13)21-16/h11-12H,6-10H2,1-5H3,(H,18,19,20). The van der Waals surface area contributed by atoms with E-state index in [4.69, 9.17) is 0 Å². The van der Waals surface area contributed by atoms with Crippen molar-refractivity contribution in [3.8, 4) is 0 Å². The Morgan fingerprint density at radius 3 is 2.62 bits per heavy atom. The highest BCUT2D eigenvalue weighted by Crippen LogP contribution is 2.40. The van der Waals surface area contributed by atoms with E-state index in [1.807, 2.05) is 0 Å². The lowest BCUT2D eigenvalue weighted by atomic mass is 9.73. The summed E-state index contributed by atoms with van der Waals surface area (Å²) in [5, 5.41) is 3.82. The molecule has 0 aliphatic heterocycles. The first-order valence-corrected chi connectivity index (χ1v) is 8.96. The quantitative estimate of drug-likeness (QED) is 0.878. The van der Waals surface area contributed by atoms with Gasteiger partial charge in [0, 0.05) is 10.8 Å². The molecule has 0 fully saturated rings. The molecule has 0 radical (unpaired) electrons. The molecular formula is C17H28N2OS. The van der Waals surface area contributed by atoms with Gasteiger partial charge in [-0.05, 0) is 43.4 Å². The maximum absolute atomic E-state index is 12.2. The van der Waals surface area contributed by atoms with Crippen LogP contribution in [0.25, 0.3) is 0 Å². The highest BCUT2D eigenvalue weighted by Gasteiger charge is 2.31. The zero-order valence-corrected chi connectivity index (χ0v) is 14.8. The monoisotopic (exact) mass is 308 g/mol. The Labute approximate surface area is 132 Å². The highest BCUT2D eigenvalue weighted by atomic mass is 32.1. The van der Waals surface area contributed by atoms with Gasteiger partial charge in [-0.1, -0.05) is 34.6 Å². The summed E-state index contributed by atoms with van der Waals surface area (Å²) in [6.07, 6.45) is 5.14. The van der Waals surface area contributed by atoms with Gasteiger partial charge in [-0.2, -0.15) is 0 Å². The molecule has 1 aromatic heterocycles. The van der Waals surface area contributed by atoms with Gasteiger partial charge in [-0.15, -0.1) is 11.3 Å². The summed E-state index contributed by atoms with van der Waals surface area (Å²) in [6, 6.07) is 0. The largest absolute Gasteiger partial charge is 0.302 e. The second kappa shape index (κ2) is 6.47. The van der Waals surface area contributed by atoms with Gasteiger partial charge in [0.15, 0.2) is 5.13 Å². The van der Waals surface area contributed by atoms with Gasteiger partial charge >= 0.3 is 0 Å². The number of anilines is 1. The number of carbonyl (C=O) groups is 1. The minimum Gasteiger partial charge on any atom is -0.302 e. The average Bonchev–Trinajstić information content (AvgIpc) is 2.80. The molecule has 1 N–H and O–H groups in total. The zero-order chi connectivity index (χ0) is 15.6. The van der Waals surface area contributed by atoms with Gasteiger partial charge in [0.2, 0.25) is 5.91 Å². The molecule has 1 aliphatic rings. The van der Waals surface area contributed by atoms with E-state index >= 15 is 0 Å². The molecule has 0 bridgehead atoms. The minimum absolute atomic E-state index is 0.105. The van der Waals surface area contributed by atoms with Crippen LogP contribution in [0.4, 0.5) is 5.13 Å². The number of hydrogen-bond donors (Lipinski definition) is 1. The topological polar surface area (TPSA) is 42.0 Å². The van der Waals surface area contributed by atoms with Gasteiger partial charge in [-0.25, -0.2) is 4.98 Å². The van der Waals surface area contributed by atoms with Crippen molar-refractivity contribution in [2.75, 3.05) is 5.32 Å². The fourth-order valence-corrected chi connectivity index (χ4v) is 4.13. The summed E-state index contributed by atoms with van der Waals surface area (Å²) in [7, 11) is 0. The molecule has 1 unspecified atom stereocenters. The number of nitrogens with one attached hydrogen (secondary N) is 1. The number of thiazole rings is 1. The highest BCUT2D eigenvalue weighted by molar-refractivity contribution is 7.15. The molecular weight excluding hydrogens is 280 g/mol. The van der Waals surface area contributed by atoms with Crippen LogP contribution in [-0.2, 0) is 17.6 Å². The van der Waals surface area contributed by atoms with Crippen LogP contribution in [0.15, 0.2) is 0 Å². The van der Waals surface area contributed by atoms with E-state index in [0.29, 0.717) is 11.3 Å². The van der Waals surface area contributed by atoms with Crippen molar-refractivity contribution in [1.82, 2.24) is 4.98 Å². The van der Waals surface area contributed by atoms with Crippen LogP contribution in [0.5, 0.6) is 0 Å². The van der Waals surface area contributed by atoms with Gasteiger partial charge < -0.3 is 5.32 Å². The van der Waals surface area contributed by atoms with Crippen LogP contribution in [0, 0.1) is 17.3 Å². The molecule has 0 spiro atoms. The van der Waals surface area contributed by atoms with E-state index in [1.54, 1.807) is 11.3 Å². The maximum atomic E-state index is 12.2. The van der Waals surface area contributed by atoms with Crippen LogP contribution >= 0.6 is 11.3 Å². The Hall–Kier alpha value is -0.900. The predicted molar refractivity (Wildman–Crippen MR) is 89.8 cm³/mol. The first-order chi connectivity index (χ1) is 9.85. The van der Waals surface area contributed by atoms with Crippen molar-refractivity contribution in [2.24, 2.45) is 17.3 Å². The number of hydrogen-bond acceptors (Lipinski definition) is 3. The van der Waals surface area contributed by atoms with Crippen LogP contribution < -0.4 is 5.32 Å². The third kappa shape index (κ3) is 3.85. The molecule has 0 aromatic carbocycles. The van der Waals surface area contributed by atoms with Crippen molar-refractivity contribution >= 4 is 22.4 Å². The number of nitrogens with zero attached hydrogens (tertiary/aromatic N) is 1. The second-order valence-electron chi connectivity index (χ2n) is 7.20. The average molecular weight is 308 g/mol. The van der Waals surface area contributed by atoms with Gasteiger partial charge in [0.25, 0.3) is 0 Å². The lowest BCUT2D eigenvalue weighted by Gasteiger charge is -2.33. The van der Waals surface area contributed by atoms with E-state index in [2.05, 4.69) is 44.9 Å². The summed E-state index contributed by atoms with van der Waals surface area (Å²) in [5.74, 6) is 0.944. The fourth-order valence-electron chi connectivity index (χ4n) is 3.03. The third-order valence-corrected chi connectivity index (χ3v) is 5.79. The Morgan fingerprint density at radius 1 is 1.38 bits per heavy atom. The maximum Gasteiger partial charge on any atom is 0.229 e. The summed E-state index contributed by atoms with van der Waals surface area (Å²) >= 11 is 1.68. The Balaban J connectivity index is 2.07. The zero-order valence-electron chi connectivity index (χ0n) is 14.0. The molecule has 1 amide bonds. The minimum atomic E-state index is 0.105. The lowest BCUT2D eigenvalue weighted by Crippen LogP contribution is -2.26. The summed E-state index contributed by atoms with van der Waals surface area (Å²) < 4.78 is 0. The molecule has 2 rings (SSSR count). The molecule has 1 aliphatic carbocycles.